The van der Waals surface area contributed by atoms with Crippen molar-refractivity contribution in [1.82, 2.24) is 4.90 Å². The normalized spacial score (nSPS) is 33.4. The Morgan fingerprint density at radius 1 is 1.18 bits per heavy atom. The number of fused-ring (bicyclic) bond motifs is 1. The van der Waals surface area contributed by atoms with Crippen molar-refractivity contribution >= 4 is 5.78 Å². The first-order valence-corrected chi connectivity index (χ1v) is 12.4. The molecule has 178 valence electrons. The molecule has 2 aliphatic heterocycles. The molecule has 7 rings (SSSR count). The van der Waals surface area contributed by atoms with Gasteiger partial charge in [-0.15, -0.1) is 0 Å². The Balaban J connectivity index is 1.49. The number of rotatable bonds is 5. The SMILES string of the molecule is COC12C=CC(CC1C(C)=O)C13CCN(C)CCc4ccc(OCc5ccccc5)c(c41)OC23. The molecule has 5 atom stereocenters. The molecule has 0 amide bonds. The van der Waals surface area contributed by atoms with E-state index < -0.39 is 5.60 Å². The van der Waals surface area contributed by atoms with Gasteiger partial charge in [-0.2, -0.15) is 0 Å². The molecule has 1 saturated carbocycles. The Morgan fingerprint density at radius 3 is 2.76 bits per heavy atom. The van der Waals surface area contributed by atoms with Crippen molar-refractivity contribution in [1.29, 1.82) is 0 Å². The van der Waals surface area contributed by atoms with E-state index in [0.29, 0.717) is 6.61 Å². The van der Waals surface area contributed by atoms with Crippen LogP contribution in [0.2, 0.25) is 0 Å². The van der Waals surface area contributed by atoms with Crippen LogP contribution in [-0.2, 0) is 28.0 Å². The van der Waals surface area contributed by atoms with E-state index in [9.17, 15) is 4.79 Å². The number of ketones is 1. The summed E-state index contributed by atoms with van der Waals surface area (Å²) in [6, 6.07) is 14.5. The first-order valence-electron chi connectivity index (χ1n) is 12.4. The maximum atomic E-state index is 12.8. The number of benzene rings is 2. The minimum absolute atomic E-state index is 0.175. The number of hydrogen-bond donors (Lipinski definition) is 0. The summed E-state index contributed by atoms with van der Waals surface area (Å²) in [5.41, 5.74) is 2.78. The fourth-order valence-electron chi connectivity index (χ4n) is 7.11. The smallest absolute Gasteiger partial charge is 0.166 e. The summed E-state index contributed by atoms with van der Waals surface area (Å²) in [6.07, 6.45) is 6.94. The van der Waals surface area contributed by atoms with Gasteiger partial charge >= 0.3 is 0 Å². The number of Topliss-reactive ketones (excluding diaryl/α,β-unsaturated/α-hetero) is 1. The van der Waals surface area contributed by atoms with Gasteiger partial charge in [0.2, 0.25) is 0 Å². The minimum Gasteiger partial charge on any atom is -0.485 e. The maximum Gasteiger partial charge on any atom is 0.166 e. The van der Waals surface area contributed by atoms with E-state index in [1.165, 1.54) is 11.1 Å². The summed E-state index contributed by atoms with van der Waals surface area (Å²) < 4.78 is 19.6. The van der Waals surface area contributed by atoms with Crippen molar-refractivity contribution in [2.45, 2.75) is 49.9 Å². The molecule has 2 heterocycles. The van der Waals surface area contributed by atoms with Gasteiger partial charge in [0.25, 0.3) is 0 Å². The Morgan fingerprint density at radius 2 is 2.00 bits per heavy atom. The van der Waals surface area contributed by atoms with Crippen molar-refractivity contribution in [3.05, 3.63) is 71.3 Å². The van der Waals surface area contributed by atoms with Gasteiger partial charge in [-0.25, -0.2) is 0 Å². The van der Waals surface area contributed by atoms with Gasteiger partial charge < -0.3 is 19.1 Å². The fourth-order valence-corrected chi connectivity index (χ4v) is 7.11. The van der Waals surface area contributed by atoms with E-state index >= 15 is 0 Å². The highest BCUT2D eigenvalue weighted by Gasteiger charge is 2.70. The van der Waals surface area contributed by atoms with Crippen LogP contribution in [0, 0.1) is 11.8 Å². The molecule has 2 aromatic carbocycles. The molecule has 0 aromatic heterocycles. The predicted octanol–water partition coefficient (Wildman–Crippen LogP) is 4.32. The lowest BCUT2D eigenvalue weighted by atomic mass is 9.48. The summed E-state index contributed by atoms with van der Waals surface area (Å²) in [7, 11) is 3.93. The third-order valence-corrected chi connectivity index (χ3v) is 8.82. The average Bonchev–Trinajstić information content (AvgIpc) is 3.23. The quantitative estimate of drug-likeness (QED) is 0.623. The second-order valence-corrected chi connectivity index (χ2v) is 10.5. The van der Waals surface area contributed by atoms with Gasteiger partial charge in [0.05, 0.1) is 5.92 Å². The zero-order valence-corrected chi connectivity index (χ0v) is 20.3. The lowest BCUT2D eigenvalue weighted by molar-refractivity contribution is -0.170. The second kappa shape index (κ2) is 7.96. The van der Waals surface area contributed by atoms with Crippen LogP contribution < -0.4 is 9.47 Å². The largest absolute Gasteiger partial charge is 0.485 e. The summed E-state index contributed by atoms with van der Waals surface area (Å²) in [6.45, 7) is 4.19. The number of carbonyl (C=O) groups is 1. The molecule has 5 unspecified atom stereocenters. The van der Waals surface area contributed by atoms with Crippen LogP contribution in [0.5, 0.6) is 11.5 Å². The van der Waals surface area contributed by atoms with Crippen LogP contribution in [-0.4, -0.2) is 49.6 Å². The van der Waals surface area contributed by atoms with E-state index in [-0.39, 0.29) is 29.1 Å². The molecular weight excluding hydrogens is 426 g/mol. The molecule has 0 radical (unpaired) electrons. The number of allylic oxidation sites excluding steroid dienone is 1. The van der Waals surface area contributed by atoms with E-state index in [1.807, 2.05) is 18.2 Å². The Hall–Kier alpha value is -2.63. The van der Waals surface area contributed by atoms with Crippen LogP contribution in [0.1, 0.15) is 36.5 Å². The maximum absolute atomic E-state index is 12.8. The van der Waals surface area contributed by atoms with Crippen molar-refractivity contribution in [3.63, 3.8) is 0 Å². The van der Waals surface area contributed by atoms with E-state index in [4.69, 9.17) is 14.2 Å². The standard InChI is InChI=1S/C29H33NO4/c1-19(31)23-17-22-11-13-29(23,32-3)27-28(22)14-16-30(2)15-12-21-9-10-24(26(34-27)25(21)28)33-18-20-7-5-4-6-8-20/h4-11,13,22-23,27H,12,14-18H2,1-3H3. The molecular formula is C29H33NO4. The third-order valence-electron chi connectivity index (χ3n) is 8.82. The Kier molecular flexibility index (Phi) is 5.12. The van der Waals surface area contributed by atoms with Crippen LogP contribution in [0.4, 0.5) is 0 Å². The lowest BCUT2D eigenvalue weighted by Crippen LogP contribution is -2.69. The van der Waals surface area contributed by atoms with Crippen LogP contribution in [0.25, 0.3) is 0 Å². The van der Waals surface area contributed by atoms with Gasteiger partial charge in [0.1, 0.15) is 24.1 Å². The van der Waals surface area contributed by atoms with E-state index in [1.54, 1.807) is 14.0 Å². The monoisotopic (exact) mass is 459 g/mol. The summed E-state index contributed by atoms with van der Waals surface area (Å²) in [5.74, 6) is 1.86. The number of methoxy groups -OCH3 is 1. The van der Waals surface area contributed by atoms with E-state index in [0.717, 1.165) is 49.4 Å². The zero-order valence-electron chi connectivity index (χ0n) is 20.3. The number of hydrogen-bond acceptors (Lipinski definition) is 5. The number of ether oxygens (including phenoxy) is 3. The Labute approximate surface area is 201 Å². The van der Waals surface area contributed by atoms with Crippen molar-refractivity contribution in [2.24, 2.45) is 11.8 Å². The first-order chi connectivity index (χ1) is 16.5. The summed E-state index contributed by atoms with van der Waals surface area (Å²) in [4.78, 5) is 15.2. The molecule has 0 N–H and O–H groups in total. The minimum atomic E-state index is -0.759. The number of nitrogens with zero attached hydrogens (tertiary/aromatic N) is 1. The van der Waals surface area contributed by atoms with Crippen molar-refractivity contribution < 1.29 is 19.0 Å². The molecule has 34 heavy (non-hydrogen) atoms. The second-order valence-electron chi connectivity index (χ2n) is 10.5. The summed E-state index contributed by atoms with van der Waals surface area (Å²) >= 11 is 0. The van der Waals surface area contributed by atoms with Crippen molar-refractivity contribution in [2.75, 3.05) is 27.2 Å². The molecule has 0 saturated heterocycles. The molecule has 5 aliphatic rings. The summed E-state index contributed by atoms with van der Waals surface area (Å²) in [5, 5.41) is 0. The highest BCUT2D eigenvalue weighted by atomic mass is 16.6. The van der Waals surface area contributed by atoms with Crippen LogP contribution in [0.15, 0.2) is 54.6 Å². The predicted molar refractivity (Wildman–Crippen MR) is 130 cm³/mol. The highest BCUT2D eigenvalue weighted by Crippen LogP contribution is 2.65. The van der Waals surface area contributed by atoms with Crippen LogP contribution >= 0.6 is 0 Å². The molecule has 2 bridgehead atoms. The van der Waals surface area contributed by atoms with Gasteiger partial charge in [-0.3, -0.25) is 4.79 Å². The average molecular weight is 460 g/mol. The molecule has 3 aliphatic carbocycles. The van der Waals surface area contributed by atoms with Gasteiger partial charge in [0, 0.05) is 24.6 Å². The zero-order chi connectivity index (χ0) is 23.5. The number of likely N-dealkylation sites (N-methyl/N-ethyl adjacent to an activating group) is 1. The van der Waals surface area contributed by atoms with Gasteiger partial charge in [0.15, 0.2) is 11.5 Å². The molecule has 5 nitrogen and oxygen atoms in total. The van der Waals surface area contributed by atoms with Gasteiger partial charge in [-0.05, 0) is 62.9 Å². The third kappa shape index (κ3) is 2.96. The van der Waals surface area contributed by atoms with E-state index in [2.05, 4.69) is 48.4 Å². The molecule has 5 heteroatoms. The first kappa shape index (κ1) is 21.9. The molecule has 2 aromatic rings. The van der Waals surface area contributed by atoms with Crippen LogP contribution in [0.3, 0.4) is 0 Å². The lowest BCUT2D eigenvalue weighted by Gasteiger charge is -2.58. The fraction of sp³-hybridized carbons (Fsp3) is 0.483. The topological polar surface area (TPSA) is 48.0 Å². The molecule has 1 fully saturated rings. The number of carbonyl (C=O) groups excluding carboxylic acids is 1. The van der Waals surface area contributed by atoms with Gasteiger partial charge in [-0.1, -0.05) is 48.6 Å². The highest BCUT2D eigenvalue weighted by molar-refractivity contribution is 5.81. The van der Waals surface area contributed by atoms with Crippen molar-refractivity contribution in [3.8, 4) is 11.5 Å². The molecule has 1 spiro atoms. The Bertz CT molecular complexity index is 1140.